The lowest BCUT2D eigenvalue weighted by Crippen LogP contribution is -2.39. The molecule has 28 heavy (non-hydrogen) atoms. The molecule has 2 heterocycles. The molecule has 0 spiro atoms. The molecule has 1 saturated carbocycles. The van der Waals surface area contributed by atoms with Crippen molar-refractivity contribution in [2.24, 2.45) is 5.41 Å². The molecule has 0 aromatic carbocycles. The summed E-state index contributed by atoms with van der Waals surface area (Å²) >= 11 is 0. The lowest BCUT2D eigenvalue weighted by atomic mass is 9.74. The molecule has 0 bridgehead atoms. The molecule has 0 unspecified atom stereocenters. The predicted octanol–water partition coefficient (Wildman–Crippen LogP) is 2.37. The van der Waals surface area contributed by atoms with Crippen LogP contribution in [0.4, 0.5) is 21.8 Å². The van der Waals surface area contributed by atoms with Gasteiger partial charge in [-0.25, -0.2) is 9.37 Å². The Morgan fingerprint density at radius 3 is 2.71 bits per heavy atom. The van der Waals surface area contributed by atoms with Gasteiger partial charge in [0.2, 0.25) is 11.8 Å². The molecule has 0 radical (unpaired) electrons. The summed E-state index contributed by atoms with van der Waals surface area (Å²) in [6.45, 7) is 2.11. The van der Waals surface area contributed by atoms with Crippen molar-refractivity contribution < 1.29 is 24.0 Å². The lowest BCUT2D eigenvalue weighted by molar-refractivity contribution is -0.384. The minimum Gasteiger partial charge on any atom is -0.481 e. The third kappa shape index (κ3) is 4.46. The monoisotopic (exact) mass is 397 g/mol. The van der Waals surface area contributed by atoms with Crippen LogP contribution in [0.2, 0.25) is 0 Å². The highest BCUT2D eigenvalue weighted by molar-refractivity contribution is 5.74. The van der Waals surface area contributed by atoms with Gasteiger partial charge in [0.15, 0.2) is 0 Å². The summed E-state index contributed by atoms with van der Waals surface area (Å²) in [5.41, 5.74) is -1.05. The molecule has 2 fully saturated rings. The van der Waals surface area contributed by atoms with Gasteiger partial charge in [-0.15, -0.1) is 0 Å². The van der Waals surface area contributed by atoms with Crippen LogP contribution in [0.25, 0.3) is 0 Å². The number of ether oxygens (including phenoxy) is 1. The van der Waals surface area contributed by atoms with E-state index < -0.39 is 28.5 Å². The first kappa shape index (κ1) is 20.2. The van der Waals surface area contributed by atoms with Gasteiger partial charge in [0.05, 0.1) is 23.0 Å². The number of hydrogen-bond donors (Lipinski definition) is 3. The standard InChI is InChI=1S/C17H24FN5O5/c1-17(15(24)25)5-2-10(3-6-17)20-14-13(23(26)27)8-19-16(22-14)21-12-4-7-28-9-11(12)18/h8,10-12H,2-7,9H2,1H3,(H,24,25)(H2,19,20,21,22)/t10-,11-,12+,17-/m1/s1. The van der Waals surface area contributed by atoms with Crippen LogP contribution >= 0.6 is 0 Å². The van der Waals surface area contributed by atoms with E-state index in [-0.39, 0.29) is 30.1 Å². The zero-order chi connectivity index (χ0) is 20.3. The Hall–Kier alpha value is -2.56. The fourth-order valence-corrected chi connectivity index (χ4v) is 3.52. The van der Waals surface area contributed by atoms with Crippen molar-refractivity contribution in [3.63, 3.8) is 0 Å². The van der Waals surface area contributed by atoms with Gasteiger partial charge in [-0.2, -0.15) is 4.98 Å². The molecule has 1 saturated heterocycles. The molecule has 1 aromatic rings. The third-order valence-electron chi connectivity index (χ3n) is 5.51. The highest BCUT2D eigenvalue weighted by Gasteiger charge is 2.38. The maximum absolute atomic E-state index is 13.9. The molecule has 2 aliphatic rings. The number of carbonyl (C=O) groups is 1. The van der Waals surface area contributed by atoms with E-state index in [1.165, 1.54) is 0 Å². The molecule has 1 aliphatic heterocycles. The number of anilines is 2. The van der Waals surface area contributed by atoms with Gasteiger partial charge in [0.25, 0.3) is 0 Å². The van der Waals surface area contributed by atoms with Crippen molar-refractivity contribution in [3.8, 4) is 0 Å². The van der Waals surface area contributed by atoms with E-state index in [9.17, 15) is 24.4 Å². The number of carboxylic acid groups (broad SMARTS) is 1. The number of hydrogen-bond acceptors (Lipinski definition) is 8. The van der Waals surface area contributed by atoms with E-state index in [1.807, 2.05) is 0 Å². The summed E-state index contributed by atoms with van der Waals surface area (Å²) < 4.78 is 19.0. The molecular formula is C17H24FN5O5. The number of rotatable bonds is 6. The second-order valence-electron chi connectivity index (χ2n) is 7.60. The van der Waals surface area contributed by atoms with Gasteiger partial charge >= 0.3 is 11.7 Å². The number of nitrogens with one attached hydrogen (secondary N) is 2. The first-order valence-electron chi connectivity index (χ1n) is 9.28. The van der Waals surface area contributed by atoms with E-state index in [2.05, 4.69) is 20.6 Å². The number of halogens is 1. The van der Waals surface area contributed by atoms with Crippen LogP contribution in [-0.4, -0.2) is 57.4 Å². The predicted molar refractivity (Wildman–Crippen MR) is 98.1 cm³/mol. The Bertz CT molecular complexity index is 741. The second kappa shape index (κ2) is 8.21. The molecule has 154 valence electrons. The van der Waals surface area contributed by atoms with Crippen molar-refractivity contribution in [3.05, 3.63) is 16.3 Å². The van der Waals surface area contributed by atoms with Crippen LogP contribution in [0.1, 0.15) is 39.0 Å². The normalized spacial score (nSPS) is 30.4. The van der Waals surface area contributed by atoms with E-state index in [4.69, 9.17) is 4.74 Å². The minimum absolute atomic E-state index is 0.0137. The zero-order valence-electron chi connectivity index (χ0n) is 15.6. The maximum atomic E-state index is 13.9. The van der Waals surface area contributed by atoms with Crippen LogP contribution in [0.15, 0.2) is 6.20 Å². The van der Waals surface area contributed by atoms with Crippen molar-refractivity contribution in [2.45, 2.75) is 57.3 Å². The molecule has 3 N–H and O–H groups in total. The summed E-state index contributed by atoms with van der Waals surface area (Å²) in [7, 11) is 0. The van der Waals surface area contributed by atoms with Crippen LogP contribution in [-0.2, 0) is 9.53 Å². The fraction of sp³-hybridized carbons (Fsp3) is 0.706. The molecule has 1 aromatic heterocycles. The summed E-state index contributed by atoms with van der Waals surface area (Å²) in [5.74, 6) is -0.676. The molecule has 0 amide bonds. The van der Waals surface area contributed by atoms with Crippen molar-refractivity contribution >= 4 is 23.4 Å². The minimum atomic E-state index is -1.21. The van der Waals surface area contributed by atoms with Crippen LogP contribution in [0.3, 0.4) is 0 Å². The van der Waals surface area contributed by atoms with Crippen LogP contribution in [0, 0.1) is 15.5 Å². The first-order chi connectivity index (χ1) is 13.3. The Morgan fingerprint density at radius 1 is 1.39 bits per heavy atom. The van der Waals surface area contributed by atoms with Crippen molar-refractivity contribution in [1.82, 2.24) is 9.97 Å². The Morgan fingerprint density at radius 2 is 2.11 bits per heavy atom. The SMILES string of the molecule is C[C@]1(C(=O)O)CC[C@H](Nc2nc(N[C@H]3CCOC[C@H]3F)ncc2[N+](=O)[O-])CC1. The van der Waals surface area contributed by atoms with Gasteiger partial charge in [-0.1, -0.05) is 0 Å². The van der Waals surface area contributed by atoms with Crippen molar-refractivity contribution in [2.75, 3.05) is 23.8 Å². The third-order valence-corrected chi connectivity index (χ3v) is 5.51. The first-order valence-corrected chi connectivity index (χ1v) is 9.28. The highest BCUT2D eigenvalue weighted by Crippen LogP contribution is 2.37. The van der Waals surface area contributed by atoms with Gasteiger partial charge in [0, 0.05) is 12.6 Å². The van der Waals surface area contributed by atoms with Crippen LogP contribution < -0.4 is 10.6 Å². The van der Waals surface area contributed by atoms with E-state index in [0.717, 1.165) is 6.20 Å². The van der Waals surface area contributed by atoms with E-state index in [0.29, 0.717) is 38.7 Å². The molecule has 1 aliphatic carbocycles. The number of aliphatic carboxylic acids is 1. The fourth-order valence-electron chi connectivity index (χ4n) is 3.52. The zero-order valence-corrected chi connectivity index (χ0v) is 15.6. The summed E-state index contributed by atoms with van der Waals surface area (Å²) in [6, 6.07) is -0.653. The number of nitro groups is 1. The number of nitrogens with zero attached hydrogens (tertiary/aromatic N) is 3. The van der Waals surface area contributed by atoms with Crippen LogP contribution in [0.5, 0.6) is 0 Å². The number of aromatic nitrogens is 2. The summed E-state index contributed by atoms with van der Waals surface area (Å²) in [5, 5.41) is 26.6. The van der Waals surface area contributed by atoms with Gasteiger partial charge < -0.3 is 20.5 Å². The van der Waals surface area contributed by atoms with E-state index in [1.54, 1.807) is 6.92 Å². The molecule has 10 nitrogen and oxygen atoms in total. The Balaban J connectivity index is 1.72. The Labute approximate surface area is 161 Å². The second-order valence-corrected chi connectivity index (χ2v) is 7.60. The maximum Gasteiger partial charge on any atom is 0.329 e. The quantitative estimate of drug-likeness (QED) is 0.487. The smallest absolute Gasteiger partial charge is 0.329 e. The molecule has 11 heteroatoms. The summed E-state index contributed by atoms with van der Waals surface area (Å²) in [6.07, 6.45) is 2.37. The highest BCUT2D eigenvalue weighted by atomic mass is 19.1. The van der Waals surface area contributed by atoms with Gasteiger partial charge in [0.1, 0.15) is 12.4 Å². The molecule has 3 rings (SSSR count). The number of alkyl halides is 1. The number of carboxylic acids is 1. The Kier molecular flexibility index (Phi) is 5.92. The molecule has 2 atom stereocenters. The van der Waals surface area contributed by atoms with Crippen molar-refractivity contribution in [1.29, 1.82) is 0 Å². The topological polar surface area (TPSA) is 140 Å². The average Bonchev–Trinajstić information content (AvgIpc) is 2.65. The molecular weight excluding hydrogens is 373 g/mol. The summed E-state index contributed by atoms with van der Waals surface area (Å²) in [4.78, 5) is 30.2. The average molecular weight is 397 g/mol. The van der Waals surface area contributed by atoms with Gasteiger partial charge in [-0.05, 0) is 39.0 Å². The van der Waals surface area contributed by atoms with Gasteiger partial charge in [-0.3, -0.25) is 14.9 Å². The lowest BCUT2D eigenvalue weighted by Gasteiger charge is -2.34. The largest absolute Gasteiger partial charge is 0.481 e. The van der Waals surface area contributed by atoms with E-state index >= 15 is 0 Å².